The second-order valence-corrected chi connectivity index (χ2v) is 21.6. The molecule has 6 heteroatoms. The van der Waals surface area contributed by atoms with Crippen LogP contribution in [0.3, 0.4) is 0 Å². The van der Waals surface area contributed by atoms with Crippen molar-refractivity contribution >= 4 is 17.9 Å². The molecule has 0 heterocycles. The Bertz CT molecular complexity index is 1570. The van der Waals surface area contributed by atoms with E-state index in [0.717, 1.165) is 122 Å². The molecule has 0 aromatic carbocycles. The lowest BCUT2D eigenvalue weighted by Crippen LogP contribution is -2.30. The van der Waals surface area contributed by atoms with Gasteiger partial charge in [-0.25, -0.2) is 0 Å². The summed E-state index contributed by atoms with van der Waals surface area (Å²) >= 11 is 0. The lowest BCUT2D eigenvalue weighted by atomic mass is 10.1. The number of ether oxygens (including phenoxy) is 3. The van der Waals surface area contributed by atoms with E-state index in [1.165, 1.54) is 148 Å². The largest absolute Gasteiger partial charge is 0.462 e. The van der Waals surface area contributed by atoms with E-state index < -0.39 is 6.10 Å². The third kappa shape index (κ3) is 62.9. The summed E-state index contributed by atoms with van der Waals surface area (Å²) < 4.78 is 16.9. The van der Waals surface area contributed by atoms with Crippen molar-refractivity contribution in [3.63, 3.8) is 0 Å². The highest BCUT2D eigenvalue weighted by Gasteiger charge is 2.19. The van der Waals surface area contributed by atoms with E-state index in [4.69, 9.17) is 14.2 Å². The molecular weight excluding hydrogens is 961 g/mol. The molecule has 0 N–H and O–H groups in total. The molecule has 1 atom stereocenters. The second kappa shape index (κ2) is 65.6. The van der Waals surface area contributed by atoms with Crippen LogP contribution in [0, 0.1) is 0 Å². The molecule has 0 aliphatic carbocycles. The number of carbonyl (C=O) groups excluding carboxylic acids is 3. The van der Waals surface area contributed by atoms with Crippen molar-refractivity contribution < 1.29 is 28.6 Å². The topological polar surface area (TPSA) is 78.9 Å². The Kier molecular flexibility index (Phi) is 62.3. The number of unbranched alkanes of at least 4 members (excludes halogenated alkanes) is 30. The number of rotatable bonds is 59. The minimum atomic E-state index is -0.785. The maximum absolute atomic E-state index is 12.9. The van der Waals surface area contributed by atoms with Crippen molar-refractivity contribution in [2.45, 2.75) is 316 Å². The summed E-state index contributed by atoms with van der Waals surface area (Å²) in [4.78, 5) is 38.3. The highest BCUT2D eigenvalue weighted by Crippen LogP contribution is 2.16. The molecular formula is C72H122O6. The maximum atomic E-state index is 12.9. The molecule has 1 unspecified atom stereocenters. The van der Waals surface area contributed by atoms with Gasteiger partial charge in [-0.15, -0.1) is 0 Å². The summed E-state index contributed by atoms with van der Waals surface area (Å²) in [5.74, 6) is -0.887. The predicted octanol–water partition coefficient (Wildman–Crippen LogP) is 22.6. The van der Waals surface area contributed by atoms with E-state index >= 15 is 0 Å². The Morgan fingerprint density at radius 1 is 0.269 bits per heavy atom. The van der Waals surface area contributed by atoms with Crippen molar-refractivity contribution in [2.75, 3.05) is 13.2 Å². The third-order valence-electron chi connectivity index (χ3n) is 14.0. The van der Waals surface area contributed by atoms with Gasteiger partial charge in [-0.1, -0.05) is 291 Å². The number of carbonyl (C=O) groups is 3. The van der Waals surface area contributed by atoms with Gasteiger partial charge in [0.1, 0.15) is 13.2 Å². The number of hydrogen-bond acceptors (Lipinski definition) is 6. The zero-order valence-electron chi connectivity index (χ0n) is 51.2. The fourth-order valence-electron chi connectivity index (χ4n) is 9.10. The van der Waals surface area contributed by atoms with Gasteiger partial charge in [0.25, 0.3) is 0 Å². The molecule has 0 aliphatic heterocycles. The molecule has 0 rings (SSSR count). The lowest BCUT2D eigenvalue weighted by molar-refractivity contribution is -0.167. The van der Waals surface area contributed by atoms with Gasteiger partial charge in [-0.05, 0) is 109 Å². The average molecular weight is 1080 g/mol. The van der Waals surface area contributed by atoms with Gasteiger partial charge in [0.15, 0.2) is 6.10 Å². The Morgan fingerprint density at radius 2 is 0.500 bits per heavy atom. The number of hydrogen-bond donors (Lipinski definition) is 0. The molecule has 0 radical (unpaired) electrons. The van der Waals surface area contributed by atoms with Crippen LogP contribution in [-0.4, -0.2) is 37.2 Å². The van der Waals surface area contributed by atoms with E-state index in [1.54, 1.807) is 0 Å². The lowest BCUT2D eigenvalue weighted by Gasteiger charge is -2.18. The molecule has 0 saturated carbocycles. The van der Waals surface area contributed by atoms with Crippen LogP contribution in [0.2, 0.25) is 0 Å². The first kappa shape index (κ1) is 74.1. The van der Waals surface area contributed by atoms with Crippen LogP contribution < -0.4 is 0 Å². The fraction of sp³-hybridized carbons (Fsp3) is 0.708. The monoisotopic (exact) mass is 1080 g/mol. The van der Waals surface area contributed by atoms with Gasteiger partial charge < -0.3 is 14.2 Å². The first-order valence-electron chi connectivity index (χ1n) is 32.9. The highest BCUT2D eigenvalue weighted by molar-refractivity contribution is 5.71. The van der Waals surface area contributed by atoms with E-state index in [1.807, 2.05) is 0 Å². The van der Waals surface area contributed by atoms with Crippen molar-refractivity contribution in [1.29, 1.82) is 0 Å². The Morgan fingerprint density at radius 3 is 0.795 bits per heavy atom. The van der Waals surface area contributed by atoms with Crippen molar-refractivity contribution in [3.05, 3.63) is 109 Å². The number of allylic oxidation sites excluding steroid dienone is 18. The summed E-state index contributed by atoms with van der Waals surface area (Å²) in [5.41, 5.74) is 0. The van der Waals surface area contributed by atoms with Crippen LogP contribution in [0.4, 0.5) is 0 Å². The molecule has 446 valence electrons. The van der Waals surface area contributed by atoms with Crippen molar-refractivity contribution in [3.8, 4) is 0 Å². The van der Waals surface area contributed by atoms with Gasteiger partial charge >= 0.3 is 17.9 Å². The highest BCUT2D eigenvalue weighted by atomic mass is 16.6. The predicted molar refractivity (Wildman–Crippen MR) is 339 cm³/mol. The molecule has 0 aromatic heterocycles. The Hall–Kier alpha value is -3.93. The van der Waals surface area contributed by atoms with Gasteiger partial charge in [-0.3, -0.25) is 14.4 Å². The van der Waals surface area contributed by atoms with E-state index in [0.29, 0.717) is 19.3 Å². The summed E-state index contributed by atoms with van der Waals surface area (Å²) in [6.45, 7) is 6.51. The minimum Gasteiger partial charge on any atom is -0.462 e. The summed E-state index contributed by atoms with van der Waals surface area (Å²) in [7, 11) is 0. The standard InChI is InChI=1S/C72H122O6/c1-4-7-10-13-16-19-22-24-26-28-30-31-32-33-34-35-36-37-38-39-40-41-42-44-45-47-50-53-56-59-62-65-71(74)77-68-69(67-76-70(73)64-61-58-55-52-49-21-18-15-12-9-6-3)78-72(75)66-63-60-57-54-51-48-46-43-29-27-25-23-20-17-14-11-8-5-2/h7,10,16,19-20,23-24,26-27,29-31,33-34,36-37,39-40,69H,4-6,8-9,11-15,17-18,21-22,25,28,32,35,38,41-68H2,1-3H3/b10-7-,19-16-,23-20-,26-24-,29-27-,31-30-,34-33-,37-36-,40-39-. The van der Waals surface area contributed by atoms with Gasteiger partial charge in [-0.2, -0.15) is 0 Å². The summed E-state index contributed by atoms with van der Waals surface area (Å²) in [6, 6.07) is 0. The van der Waals surface area contributed by atoms with Crippen LogP contribution in [0.1, 0.15) is 310 Å². The van der Waals surface area contributed by atoms with Crippen LogP contribution in [0.5, 0.6) is 0 Å². The molecule has 0 spiro atoms. The van der Waals surface area contributed by atoms with Gasteiger partial charge in [0.2, 0.25) is 0 Å². The quantitative estimate of drug-likeness (QED) is 0.0261. The minimum absolute atomic E-state index is 0.0807. The zero-order chi connectivity index (χ0) is 56.4. The number of esters is 3. The fourth-order valence-corrected chi connectivity index (χ4v) is 9.10. The SMILES string of the molecule is CC/C=C\C/C=C\C/C=C\C/C=C\C/C=C\C/C=C\C/C=C\CCCCCCCCCCCC(=O)OCC(COC(=O)CCCCCCCCCCCCC)OC(=O)CCCCCCCCC/C=C\C/C=C\CCCCCC. The van der Waals surface area contributed by atoms with Crippen LogP contribution >= 0.6 is 0 Å². The smallest absolute Gasteiger partial charge is 0.306 e. The summed E-state index contributed by atoms with van der Waals surface area (Å²) in [6.07, 6.45) is 89.5. The third-order valence-corrected chi connectivity index (χ3v) is 14.0. The van der Waals surface area contributed by atoms with Gasteiger partial charge in [0, 0.05) is 19.3 Å². The Balaban J connectivity index is 4.26. The van der Waals surface area contributed by atoms with E-state index in [9.17, 15) is 14.4 Å². The van der Waals surface area contributed by atoms with Crippen LogP contribution in [0.25, 0.3) is 0 Å². The van der Waals surface area contributed by atoms with Crippen LogP contribution in [-0.2, 0) is 28.6 Å². The molecule has 0 saturated heterocycles. The molecule has 0 bridgehead atoms. The van der Waals surface area contributed by atoms with Crippen molar-refractivity contribution in [2.24, 2.45) is 0 Å². The van der Waals surface area contributed by atoms with E-state index in [-0.39, 0.29) is 31.1 Å². The molecule has 0 aromatic rings. The normalized spacial score (nSPS) is 12.8. The first-order valence-corrected chi connectivity index (χ1v) is 32.9. The second-order valence-electron chi connectivity index (χ2n) is 21.6. The first-order chi connectivity index (χ1) is 38.5. The van der Waals surface area contributed by atoms with Crippen molar-refractivity contribution in [1.82, 2.24) is 0 Å². The molecule has 78 heavy (non-hydrogen) atoms. The average Bonchev–Trinajstić information content (AvgIpc) is 3.44. The zero-order valence-corrected chi connectivity index (χ0v) is 51.2. The molecule has 0 aliphatic rings. The Labute approximate surface area is 482 Å². The molecule has 6 nitrogen and oxygen atoms in total. The van der Waals surface area contributed by atoms with Crippen LogP contribution in [0.15, 0.2) is 109 Å². The molecule has 0 fully saturated rings. The van der Waals surface area contributed by atoms with Gasteiger partial charge in [0.05, 0.1) is 0 Å². The van der Waals surface area contributed by atoms with E-state index in [2.05, 4.69) is 130 Å². The molecule has 0 amide bonds. The maximum Gasteiger partial charge on any atom is 0.306 e. The summed E-state index contributed by atoms with van der Waals surface area (Å²) in [5, 5.41) is 0.